The van der Waals surface area contributed by atoms with Gasteiger partial charge in [-0.05, 0) is 61.5 Å². The van der Waals surface area contributed by atoms with Gasteiger partial charge in [-0.1, -0.05) is 58.1 Å². The van der Waals surface area contributed by atoms with Gasteiger partial charge in [0.15, 0.2) is 0 Å². The number of hydrogen-bond acceptors (Lipinski definition) is 7. The Morgan fingerprint density at radius 1 is 0.795 bits per heavy atom. The molecule has 0 aromatic heterocycles. The summed E-state index contributed by atoms with van der Waals surface area (Å²) >= 11 is 0. The molecule has 7 nitrogen and oxygen atoms in total. The van der Waals surface area contributed by atoms with Crippen LogP contribution in [0.15, 0.2) is 49.9 Å². The van der Waals surface area contributed by atoms with E-state index in [4.69, 9.17) is 33.1 Å². The van der Waals surface area contributed by atoms with E-state index in [-0.39, 0.29) is 36.4 Å². The summed E-state index contributed by atoms with van der Waals surface area (Å²) in [5.41, 5.74) is 2.94. The molecule has 1 aromatic rings. The third kappa shape index (κ3) is 16.3. The fraction of sp³-hybridized carbons (Fsp3) is 0.697. The molecule has 2 saturated heterocycles. The fourth-order valence-corrected chi connectivity index (χ4v) is 5.04. The zero-order chi connectivity index (χ0) is 31.8. The monoisotopic (exact) mass is 645 g/mol. The van der Waals surface area contributed by atoms with E-state index in [2.05, 4.69) is 66.9 Å². The Bertz CT molecular complexity index is 781. The Hall–Kier alpha value is -1.28. The van der Waals surface area contributed by atoms with Crippen LogP contribution < -0.4 is 0 Å². The first-order valence-corrected chi connectivity index (χ1v) is 15.5. The normalized spacial score (nSPS) is 20.2. The molecule has 1 aliphatic carbocycles. The van der Waals surface area contributed by atoms with Gasteiger partial charge in [0.25, 0.3) is 0 Å². The van der Waals surface area contributed by atoms with Crippen LogP contribution in [-0.4, -0.2) is 75.5 Å². The molecule has 3 fully saturated rings. The van der Waals surface area contributed by atoms with Crippen LogP contribution in [0.1, 0.15) is 63.5 Å². The number of benzene rings is 1. The Morgan fingerprint density at radius 2 is 1.11 bits per heavy atom. The van der Waals surface area contributed by atoms with E-state index in [1.165, 1.54) is 56.2 Å². The van der Waals surface area contributed by atoms with Gasteiger partial charge in [-0.3, -0.25) is 0 Å². The number of ether oxygens (including phenoxy) is 6. The minimum absolute atomic E-state index is 0. The first-order chi connectivity index (χ1) is 21.0. The largest absolute Gasteiger partial charge is 0.0999 e. The SMILES string of the molecule is C=COCC1CCC(COC=C)CC1.CCC1(COCc2ccc(COCC3(CC)COC3)cc2)COC1.[B]B=O.[B]C.[V]. The molecule has 5 radical (unpaired) electrons. The Labute approximate surface area is 282 Å². The molecule has 0 atom stereocenters. The Morgan fingerprint density at radius 3 is 1.34 bits per heavy atom. The summed E-state index contributed by atoms with van der Waals surface area (Å²) < 4.78 is 41.4. The summed E-state index contributed by atoms with van der Waals surface area (Å²) in [4.78, 5) is 0. The second-order valence-electron chi connectivity index (χ2n) is 11.5. The van der Waals surface area contributed by atoms with E-state index >= 15 is 0 Å². The average Bonchev–Trinajstić information content (AvgIpc) is 3.01. The van der Waals surface area contributed by atoms with Crippen LogP contribution in [0.3, 0.4) is 0 Å². The minimum Gasteiger partial charge on any atom is -0.0999 e. The second kappa shape index (κ2) is 25.9. The molecule has 2 heterocycles. The maximum atomic E-state index is 8.58. The second-order valence-corrected chi connectivity index (χ2v) is 11.5. The molecule has 3 aliphatic rings. The van der Waals surface area contributed by atoms with Crippen molar-refractivity contribution in [2.45, 2.75) is 72.4 Å². The van der Waals surface area contributed by atoms with Gasteiger partial charge >= 0.3 is 19.5 Å². The van der Waals surface area contributed by atoms with Crippen molar-refractivity contribution >= 4 is 22.6 Å². The standard InChI is InChI=1S/C20H30O4.C12H20O2.CH3B.B2O.V/c1-3-19(13-23-14-19)11-21-9-17-5-7-18(8-6-17)10-22-12-20(4-2)15-24-16-20;1-3-13-9-11-5-7-12(8-6-11)10-14-4-2;1-2;1-2-3;/h5-8H,3-4,9-16H2,1-2H3;3-4,11-12H,1-2,5-10H2;1H3;;. The van der Waals surface area contributed by atoms with Crippen LogP contribution in [0.4, 0.5) is 0 Å². The van der Waals surface area contributed by atoms with Crippen LogP contribution in [0.5, 0.6) is 0 Å². The summed E-state index contributed by atoms with van der Waals surface area (Å²) in [6, 6.07) is 8.54. The van der Waals surface area contributed by atoms with Crippen LogP contribution in [0.25, 0.3) is 0 Å². The molecule has 0 N–H and O–H groups in total. The maximum absolute atomic E-state index is 8.58. The van der Waals surface area contributed by atoms with Crippen LogP contribution in [-0.2, 0) is 64.9 Å². The van der Waals surface area contributed by atoms with Crippen molar-refractivity contribution in [2.75, 3.05) is 52.9 Å². The van der Waals surface area contributed by atoms with Gasteiger partial charge in [0, 0.05) is 29.4 Å². The zero-order valence-corrected chi connectivity index (χ0v) is 28.8. The van der Waals surface area contributed by atoms with E-state index < -0.39 is 0 Å². The van der Waals surface area contributed by atoms with Gasteiger partial charge in [-0.25, -0.2) is 0 Å². The van der Waals surface area contributed by atoms with Gasteiger partial charge in [-0.15, -0.1) is 0 Å². The first kappa shape index (κ1) is 42.7. The molecule has 0 bridgehead atoms. The van der Waals surface area contributed by atoms with Crippen molar-refractivity contribution in [3.63, 3.8) is 0 Å². The number of rotatable bonds is 16. The molecule has 1 saturated carbocycles. The van der Waals surface area contributed by atoms with Gasteiger partial charge in [0.05, 0.1) is 86.4 Å². The molecular formula is C33H53B3O7V. The molecule has 0 amide bonds. The van der Waals surface area contributed by atoms with E-state index in [0.717, 1.165) is 65.7 Å². The quantitative estimate of drug-likeness (QED) is 0.161. The molecule has 241 valence electrons. The van der Waals surface area contributed by atoms with E-state index in [0.29, 0.717) is 25.0 Å². The van der Waals surface area contributed by atoms with E-state index in [1.807, 2.05) is 0 Å². The van der Waals surface area contributed by atoms with Gasteiger partial charge in [-0.2, -0.15) is 0 Å². The summed E-state index contributed by atoms with van der Waals surface area (Å²) in [7, 11) is 8.92. The third-order valence-corrected chi connectivity index (χ3v) is 8.38. The van der Waals surface area contributed by atoms with Crippen molar-refractivity contribution in [3.8, 4) is 0 Å². The molecular weight excluding hydrogens is 592 g/mol. The summed E-state index contributed by atoms with van der Waals surface area (Å²) in [5, 5.41) is 0. The maximum Gasteiger partial charge on any atom is 0.0606 e. The average molecular weight is 645 g/mol. The van der Waals surface area contributed by atoms with Gasteiger partial charge in [0.2, 0.25) is 0 Å². The summed E-state index contributed by atoms with van der Waals surface area (Å²) in [5.74, 6) is 1.43. The molecule has 1 aromatic carbocycles. The topological polar surface area (TPSA) is 72.5 Å². The number of hydrogen-bond donors (Lipinski definition) is 0. The summed E-state index contributed by atoms with van der Waals surface area (Å²) in [6.45, 7) is 20.9. The van der Waals surface area contributed by atoms with Crippen molar-refractivity contribution in [3.05, 3.63) is 61.1 Å². The van der Waals surface area contributed by atoms with Crippen LogP contribution in [0.2, 0.25) is 6.82 Å². The third-order valence-electron chi connectivity index (χ3n) is 8.38. The van der Waals surface area contributed by atoms with Crippen molar-refractivity contribution in [1.29, 1.82) is 0 Å². The van der Waals surface area contributed by atoms with Gasteiger partial charge < -0.3 is 28.4 Å². The first-order valence-electron chi connectivity index (χ1n) is 15.5. The predicted octanol–water partition coefficient (Wildman–Crippen LogP) is 6.01. The molecule has 2 aliphatic heterocycles. The van der Waals surface area contributed by atoms with E-state index in [9.17, 15) is 0 Å². The summed E-state index contributed by atoms with van der Waals surface area (Å²) in [6.07, 6.45) is 10.3. The Balaban J connectivity index is 0.000000791. The smallest absolute Gasteiger partial charge is 0.0606 e. The molecule has 11 heteroatoms. The van der Waals surface area contributed by atoms with Crippen molar-refractivity contribution in [1.82, 2.24) is 0 Å². The van der Waals surface area contributed by atoms with Crippen molar-refractivity contribution in [2.24, 2.45) is 22.7 Å². The molecule has 0 spiro atoms. The fourth-order valence-electron chi connectivity index (χ4n) is 5.04. The minimum atomic E-state index is 0. The van der Waals surface area contributed by atoms with E-state index in [1.54, 1.807) is 0 Å². The predicted molar refractivity (Wildman–Crippen MR) is 174 cm³/mol. The van der Waals surface area contributed by atoms with Crippen molar-refractivity contribution < 1.29 is 51.7 Å². The van der Waals surface area contributed by atoms with Crippen LogP contribution >= 0.6 is 0 Å². The van der Waals surface area contributed by atoms with Crippen LogP contribution in [0, 0.1) is 22.7 Å². The molecule has 0 unspecified atom stereocenters. The molecule has 44 heavy (non-hydrogen) atoms. The molecule has 4 rings (SSSR count). The Kier molecular flexibility index (Phi) is 25.1. The zero-order valence-electron chi connectivity index (χ0n) is 27.4. The van der Waals surface area contributed by atoms with Gasteiger partial charge in [0.1, 0.15) is 0 Å².